The first-order valence-corrected chi connectivity index (χ1v) is 6.43. The van der Waals surface area contributed by atoms with Crippen LogP contribution < -0.4 is 5.32 Å². The van der Waals surface area contributed by atoms with Crippen LogP contribution in [0.4, 0.5) is 32.4 Å². The molecular formula is C13H13F5N2O4. The van der Waals surface area contributed by atoms with Crippen molar-refractivity contribution >= 4 is 17.7 Å². The molecule has 0 bridgehead atoms. The fraction of sp³-hybridized carbons (Fsp3) is 0.462. The highest BCUT2D eigenvalue weighted by molar-refractivity contribution is 5.96. The van der Waals surface area contributed by atoms with Gasteiger partial charge in [-0.25, -0.2) is 23.4 Å². The third kappa shape index (κ3) is 3.89. The van der Waals surface area contributed by atoms with Crippen LogP contribution in [0.1, 0.15) is 40.7 Å². The van der Waals surface area contributed by atoms with Crippen LogP contribution in [0.3, 0.4) is 0 Å². The third-order valence-corrected chi connectivity index (χ3v) is 2.96. The van der Waals surface area contributed by atoms with Crippen molar-refractivity contribution in [1.29, 1.82) is 0 Å². The molecule has 1 aromatic rings. The first kappa shape index (κ1) is 19.6. The van der Waals surface area contributed by atoms with Crippen LogP contribution in [0.15, 0.2) is 0 Å². The third-order valence-electron chi connectivity index (χ3n) is 2.96. The van der Waals surface area contributed by atoms with Crippen LogP contribution in [0.5, 0.6) is 0 Å². The van der Waals surface area contributed by atoms with Crippen molar-refractivity contribution in [2.24, 2.45) is 0 Å². The minimum atomic E-state index is -5.18. The van der Waals surface area contributed by atoms with Crippen molar-refractivity contribution in [3.05, 3.63) is 22.5 Å². The van der Waals surface area contributed by atoms with Gasteiger partial charge in [-0.05, 0) is 12.0 Å². The zero-order valence-electron chi connectivity index (χ0n) is 12.8. The van der Waals surface area contributed by atoms with Gasteiger partial charge in [-0.1, -0.05) is 6.92 Å². The summed E-state index contributed by atoms with van der Waals surface area (Å²) in [5.41, 5.74) is -5.37. The Labute approximate surface area is 132 Å². The lowest BCUT2D eigenvalue weighted by Gasteiger charge is -2.20. The topological polar surface area (TPSA) is 77.5 Å². The molecule has 6 nitrogen and oxygen atoms in total. The van der Waals surface area contributed by atoms with E-state index < -0.39 is 52.9 Å². The molecular weight excluding hydrogens is 343 g/mol. The zero-order valence-corrected chi connectivity index (χ0v) is 12.8. The van der Waals surface area contributed by atoms with Gasteiger partial charge >= 0.3 is 18.2 Å². The van der Waals surface area contributed by atoms with Gasteiger partial charge in [-0.15, -0.1) is 0 Å². The van der Waals surface area contributed by atoms with Crippen molar-refractivity contribution in [3.63, 3.8) is 0 Å². The van der Waals surface area contributed by atoms with Crippen molar-refractivity contribution in [3.8, 4) is 0 Å². The standard InChI is InChI=1S/C13H13F5N2O4/c1-4-5-6(11(21)23-2)9(13(16,17)18)19-8(10(14)15)7(5)20-12(22)24-3/h10H,4H2,1-3H3,(H,20,22). The van der Waals surface area contributed by atoms with Crippen molar-refractivity contribution < 1.29 is 41.0 Å². The van der Waals surface area contributed by atoms with Gasteiger partial charge in [0.05, 0.1) is 25.5 Å². The molecule has 1 heterocycles. The minimum absolute atomic E-state index is 0.283. The first-order valence-electron chi connectivity index (χ1n) is 6.43. The molecule has 134 valence electrons. The molecule has 0 aliphatic heterocycles. The summed E-state index contributed by atoms with van der Waals surface area (Å²) in [6, 6.07) is 0. The number of methoxy groups -OCH3 is 2. The second-order valence-corrected chi connectivity index (χ2v) is 4.33. The van der Waals surface area contributed by atoms with E-state index >= 15 is 0 Å². The molecule has 24 heavy (non-hydrogen) atoms. The van der Waals surface area contributed by atoms with E-state index in [-0.39, 0.29) is 6.42 Å². The molecule has 0 aliphatic rings. The van der Waals surface area contributed by atoms with Crippen LogP contribution in [0.2, 0.25) is 0 Å². The Hall–Kier alpha value is -2.46. The lowest BCUT2D eigenvalue weighted by atomic mass is 9.99. The molecule has 0 unspecified atom stereocenters. The van der Waals surface area contributed by atoms with Gasteiger partial charge in [0.1, 0.15) is 5.69 Å². The van der Waals surface area contributed by atoms with Gasteiger partial charge in [0, 0.05) is 0 Å². The average molecular weight is 356 g/mol. The lowest BCUT2D eigenvalue weighted by Crippen LogP contribution is -2.24. The van der Waals surface area contributed by atoms with E-state index in [0.717, 1.165) is 14.2 Å². The quantitative estimate of drug-likeness (QED) is 0.659. The molecule has 1 aromatic heterocycles. The number of hydrogen-bond donors (Lipinski definition) is 1. The molecule has 11 heteroatoms. The summed E-state index contributed by atoms with van der Waals surface area (Å²) >= 11 is 0. The highest BCUT2D eigenvalue weighted by Crippen LogP contribution is 2.39. The van der Waals surface area contributed by atoms with E-state index in [1.165, 1.54) is 6.92 Å². The summed E-state index contributed by atoms with van der Waals surface area (Å²) in [6.45, 7) is 1.32. The van der Waals surface area contributed by atoms with Crippen LogP contribution >= 0.6 is 0 Å². The Balaban J connectivity index is 3.87. The minimum Gasteiger partial charge on any atom is -0.465 e. The van der Waals surface area contributed by atoms with Crippen molar-refractivity contribution in [2.75, 3.05) is 19.5 Å². The molecule has 0 saturated carbocycles. The second-order valence-electron chi connectivity index (χ2n) is 4.33. The molecule has 0 radical (unpaired) electrons. The Bertz CT molecular complexity index is 646. The number of ether oxygens (including phenoxy) is 2. The SMILES string of the molecule is CCc1c(NC(=O)OC)c(C(F)F)nc(C(F)(F)F)c1C(=O)OC. The molecule has 0 fully saturated rings. The van der Waals surface area contributed by atoms with Crippen LogP contribution in [-0.2, 0) is 22.1 Å². The van der Waals surface area contributed by atoms with E-state index in [2.05, 4.69) is 14.5 Å². The summed E-state index contributed by atoms with van der Waals surface area (Å²) in [4.78, 5) is 25.9. The predicted molar refractivity (Wildman–Crippen MR) is 70.9 cm³/mol. The Kier molecular flexibility index (Phi) is 6.04. The Morgan fingerprint density at radius 3 is 2.17 bits per heavy atom. The number of anilines is 1. The summed E-state index contributed by atoms with van der Waals surface area (Å²) < 4.78 is 74.2. The maximum atomic E-state index is 13.1. The maximum Gasteiger partial charge on any atom is 0.434 e. The zero-order chi connectivity index (χ0) is 18.7. The number of rotatable bonds is 4. The molecule has 0 aliphatic carbocycles. The number of pyridine rings is 1. The fourth-order valence-corrected chi connectivity index (χ4v) is 1.99. The van der Waals surface area contributed by atoms with Crippen molar-refractivity contribution in [1.82, 2.24) is 4.98 Å². The number of hydrogen-bond acceptors (Lipinski definition) is 5. The maximum absolute atomic E-state index is 13.1. The van der Waals surface area contributed by atoms with Gasteiger partial charge in [-0.2, -0.15) is 13.2 Å². The summed E-state index contributed by atoms with van der Waals surface area (Å²) in [5.74, 6) is -1.42. The largest absolute Gasteiger partial charge is 0.465 e. The number of halogens is 5. The van der Waals surface area contributed by atoms with Gasteiger partial charge in [0.2, 0.25) is 0 Å². The van der Waals surface area contributed by atoms with Crippen LogP contribution in [0, 0.1) is 0 Å². The molecule has 0 aromatic carbocycles. The Morgan fingerprint density at radius 1 is 1.21 bits per heavy atom. The monoisotopic (exact) mass is 356 g/mol. The summed E-state index contributed by atoms with van der Waals surface area (Å²) in [7, 11) is 1.76. The molecule has 1 N–H and O–H groups in total. The van der Waals surface area contributed by atoms with Gasteiger partial charge in [0.15, 0.2) is 5.69 Å². The number of carbonyl (C=O) groups is 2. The van der Waals surface area contributed by atoms with E-state index in [1.54, 1.807) is 0 Å². The van der Waals surface area contributed by atoms with E-state index in [9.17, 15) is 31.5 Å². The molecule has 1 amide bonds. The second kappa shape index (κ2) is 7.41. The van der Waals surface area contributed by atoms with E-state index in [0.29, 0.717) is 0 Å². The number of amides is 1. The molecule has 1 rings (SSSR count). The first-order chi connectivity index (χ1) is 11.1. The number of nitrogens with zero attached hydrogens (tertiary/aromatic N) is 1. The average Bonchev–Trinajstić information content (AvgIpc) is 2.51. The number of carbonyl (C=O) groups excluding carboxylic acids is 2. The highest BCUT2D eigenvalue weighted by atomic mass is 19.4. The molecule has 0 atom stereocenters. The number of alkyl halides is 5. The van der Waals surface area contributed by atoms with Crippen molar-refractivity contribution in [2.45, 2.75) is 25.9 Å². The molecule has 0 saturated heterocycles. The van der Waals surface area contributed by atoms with E-state index in [4.69, 9.17) is 0 Å². The number of nitrogens with one attached hydrogen (secondary N) is 1. The normalized spacial score (nSPS) is 11.4. The lowest BCUT2D eigenvalue weighted by molar-refractivity contribution is -0.142. The number of aromatic nitrogens is 1. The predicted octanol–water partition coefficient (Wildman–Crippen LogP) is 3.57. The fourth-order valence-electron chi connectivity index (χ4n) is 1.99. The number of esters is 1. The molecule has 0 spiro atoms. The van der Waals surface area contributed by atoms with Gasteiger partial charge in [-0.3, -0.25) is 5.32 Å². The van der Waals surface area contributed by atoms with Gasteiger partial charge in [0.25, 0.3) is 6.43 Å². The highest BCUT2D eigenvalue weighted by Gasteiger charge is 2.41. The summed E-state index contributed by atoms with van der Waals surface area (Å²) in [6.07, 6.45) is -10.1. The summed E-state index contributed by atoms with van der Waals surface area (Å²) in [5, 5.41) is 1.88. The Morgan fingerprint density at radius 2 is 1.79 bits per heavy atom. The van der Waals surface area contributed by atoms with Crippen LogP contribution in [-0.4, -0.2) is 31.3 Å². The van der Waals surface area contributed by atoms with E-state index in [1.807, 2.05) is 5.32 Å². The smallest absolute Gasteiger partial charge is 0.434 e. The van der Waals surface area contributed by atoms with Crippen LogP contribution in [0.25, 0.3) is 0 Å². The van der Waals surface area contributed by atoms with Gasteiger partial charge < -0.3 is 9.47 Å².